The fourth-order valence-corrected chi connectivity index (χ4v) is 2.98. The topological polar surface area (TPSA) is 70.6 Å². The van der Waals surface area contributed by atoms with Crippen molar-refractivity contribution in [1.82, 2.24) is 5.32 Å². The summed E-state index contributed by atoms with van der Waals surface area (Å²) in [4.78, 5) is 12.2. The number of aliphatic hydroxyl groups excluding tert-OH is 1. The van der Waals surface area contributed by atoms with E-state index in [2.05, 4.69) is 16.7 Å². The van der Waals surface area contributed by atoms with Gasteiger partial charge < -0.3 is 20.5 Å². The van der Waals surface area contributed by atoms with E-state index in [1.807, 2.05) is 36.4 Å². The van der Waals surface area contributed by atoms with Crippen molar-refractivity contribution in [3.05, 3.63) is 59.2 Å². The maximum Gasteiger partial charge on any atom is 0.319 e. The molecule has 0 spiro atoms. The molecule has 1 aliphatic carbocycles. The minimum Gasteiger partial charge on any atom is -0.497 e. The average molecular weight is 326 g/mol. The average Bonchev–Trinajstić information content (AvgIpc) is 2.61. The molecule has 0 saturated carbocycles. The molecule has 2 aromatic carbocycles. The Morgan fingerprint density at radius 1 is 1.25 bits per heavy atom. The maximum atomic E-state index is 12.2. The third kappa shape index (κ3) is 3.86. The molecule has 1 aliphatic rings. The predicted molar refractivity (Wildman–Crippen MR) is 93.3 cm³/mol. The molecule has 5 heteroatoms. The van der Waals surface area contributed by atoms with E-state index in [1.54, 1.807) is 7.11 Å². The number of aryl methyl sites for hydroxylation is 1. The number of hydrogen-bond donors (Lipinski definition) is 3. The summed E-state index contributed by atoms with van der Waals surface area (Å²) in [6.07, 6.45) is 1.88. The van der Waals surface area contributed by atoms with Gasteiger partial charge in [-0.15, -0.1) is 0 Å². The molecule has 2 amide bonds. The van der Waals surface area contributed by atoms with E-state index in [1.165, 1.54) is 5.56 Å². The molecule has 0 bridgehead atoms. The highest BCUT2D eigenvalue weighted by atomic mass is 16.5. The summed E-state index contributed by atoms with van der Waals surface area (Å²) in [5, 5.41) is 15.6. The third-order valence-electron chi connectivity index (χ3n) is 4.32. The third-order valence-corrected chi connectivity index (χ3v) is 4.32. The largest absolute Gasteiger partial charge is 0.497 e. The lowest BCUT2D eigenvalue weighted by Crippen LogP contribution is -2.29. The molecule has 5 nitrogen and oxygen atoms in total. The van der Waals surface area contributed by atoms with E-state index in [0.29, 0.717) is 13.0 Å². The Kier molecular flexibility index (Phi) is 5.01. The van der Waals surface area contributed by atoms with E-state index in [4.69, 9.17) is 4.74 Å². The van der Waals surface area contributed by atoms with Gasteiger partial charge in [-0.2, -0.15) is 0 Å². The molecule has 126 valence electrons. The monoisotopic (exact) mass is 326 g/mol. The van der Waals surface area contributed by atoms with Crippen LogP contribution in [-0.4, -0.2) is 24.4 Å². The quantitative estimate of drug-likeness (QED) is 0.809. The molecule has 0 fully saturated rings. The second-order valence-electron chi connectivity index (χ2n) is 6.00. The zero-order chi connectivity index (χ0) is 16.9. The number of aliphatic hydroxyl groups is 1. The van der Waals surface area contributed by atoms with Gasteiger partial charge in [0.15, 0.2) is 0 Å². The van der Waals surface area contributed by atoms with Crippen LogP contribution in [0, 0.1) is 0 Å². The summed E-state index contributed by atoms with van der Waals surface area (Å²) in [5.41, 5.74) is 4.01. The van der Waals surface area contributed by atoms with E-state index in [9.17, 15) is 9.90 Å². The second kappa shape index (κ2) is 7.36. The van der Waals surface area contributed by atoms with Gasteiger partial charge >= 0.3 is 6.03 Å². The van der Waals surface area contributed by atoms with Gasteiger partial charge in [0.2, 0.25) is 0 Å². The highest BCUT2D eigenvalue weighted by molar-refractivity contribution is 5.90. The van der Waals surface area contributed by atoms with Crippen molar-refractivity contribution in [3.63, 3.8) is 0 Å². The normalized spacial score (nSPS) is 16.2. The van der Waals surface area contributed by atoms with Crippen LogP contribution in [0.1, 0.15) is 23.1 Å². The molecular weight excluding hydrogens is 304 g/mol. The highest BCUT2D eigenvalue weighted by Gasteiger charge is 2.19. The van der Waals surface area contributed by atoms with Crippen molar-refractivity contribution >= 4 is 11.7 Å². The standard InChI is InChI=1S/C19H22N2O3/c1-24-16-9-5-13(6-10-16)12-20-19(23)21-18-4-2-3-14-7-8-15(22)11-17(14)18/h2-6,9-10,15,22H,7-8,11-12H2,1H3,(H2,20,21,23)/t15-/m1/s1. The number of methoxy groups -OCH3 is 1. The molecule has 3 rings (SSSR count). The van der Waals surface area contributed by atoms with Crippen molar-refractivity contribution in [1.29, 1.82) is 0 Å². The van der Waals surface area contributed by atoms with Crippen molar-refractivity contribution in [3.8, 4) is 5.75 Å². The van der Waals surface area contributed by atoms with Gasteiger partial charge in [0, 0.05) is 18.7 Å². The Balaban J connectivity index is 1.61. The lowest BCUT2D eigenvalue weighted by atomic mass is 9.88. The molecule has 0 aliphatic heterocycles. The van der Waals surface area contributed by atoms with Gasteiger partial charge in [-0.3, -0.25) is 0 Å². The summed E-state index contributed by atoms with van der Waals surface area (Å²) < 4.78 is 5.12. The summed E-state index contributed by atoms with van der Waals surface area (Å²) in [5.74, 6) is 0.790. The van der Waals surface area contributed by atoms with Crippen LogP contribution in [0.2, 0.25) is 0 Å². The fourth-order valence-electron chi connectivity index (χ4n) is 2.98. The number of fused-ring (bicyclic) bond motifs is 1. The number of ether oxygens (including phenoxy) is 1. The molecule has 1 atom stereocenters. The van der Waals surface area contributed by atoms with E-state index < -0.39 is 0 Å². The van der Waals surface area contributed by atoms with Crippen LogP contribution in [0.4, 0.5) is 10.5 Å². The Bertz CT molecular complexity index is 713. The van der Waals surface area contributed by atoms with Crippen LogP contribution in [-0.2, 0) is 19.4 Å². The molecule has 2 aromatic rings. The summed E-state index contributed by atoms with van der Waals surface area (Å²) >= 11 is 0. The smallest absolute Gasteiger partial charge is 0.319 e. The SMILES string of the molecule is COc1ccc(CNC(=O)Nc2cccc3c2C[C@H](O)CC3)cc1. The first-order valence-electron chi connectivity index (χ1n) is 8.12. The fraction of sp³-hybridized carbons (Fsp3) is 0.316. The molecule has 24 heavy (non-hydrogen) atoms. The van der Waals surface area contributed by atoms with Crippen molar-refractivity contribution in [2.45, 2.75) is 31.9 Å². The Morgan fingerprint density at radius 3 is 2.79 bits per heavy atom. The summed E-state index contributed by atoms with van der Waals surface area (Å²) in [6.45, 7) is 0.438. The first-order chi connectivity index (χ1) is 11.7. The summed E-state index contributed by atoms with van der Waals surface area (Å²) in [7, 11) is 1.62. The molecular formula is C19H22N2O3. The molecule has 0 unspecified atom stereocenters. The van der Waals surface area contributed by atoms with Crippen LogP contribution < -0.4 is 15.4 Å². The Morgan fingerprint density at radius 2 is 2.04 bits per heavy atom. The first-order valence-corrected chi connectivity index (χ1v) is 8.12. The number of rotatable bonds is 4. The van der Waals surface area contributed by atoms with Gasteiger partial charge in [-0.25, -0.2) is 4.79 Å². The van der Waals surface area contributed by atoms with Crippen LogP contribution in [0.15, 0.2) is 42.5 Å². The van der Waals surface area contributed by atoms with Crippen molar-refractivity contribution < 1.29 is 14.6 Å². The lowest BCUT2D eigenvalue weighted by Gasteiger charge is -2.23. The van der Waals surface area contributed by atoms with Crippen LogP contribution >= 0.6 is 0 Å². The molecule has 0 saturated heterocycles. The predicted octanol–water partition coefficient (Wildman–Crippen LogP) is 2.87. The number of benzene rings is 2. The molecule has 0 heterocycles. The number of carbonyl (C=O) groups excluding carboxylic acids is 1. The second-order valence-corrected chi connectivity index (χ2v) is 6.00. The number of anilines is 1. The first kappa shape index (κ1) is 16.3. The van der Waals surface area contributed by atoms with Crippen molar-refractivity contribution in [2.24, 2.45) is 0 Å². The molecule has 0 aromatic heterocycles. The van der Waals surface area contributed by atoms with Gasteiger partial charge in [0.25, 0.3) is 0 Å². The van der Waals surface area contributed by atoms with Gasteiger partial charge in [0.1, 0.15) is 5.75 Å². The summed E-state index contributed by atoms with van der Waals surface area (Å²) in [6, 6.07) is 13.2. The minimum absolute atomic E-state index is 0.251. The minimum atomic E-state index is -0.331. The van der Waals surface area contributed by atoms with Gasteiger partial charge in [0.05, 0.1) is 13.2 Å². The van der Waals surface area contributed by atoms with Crippen LogP contribution in [0.3, 0.4) is 0 Å². The van der Waals surface area contributed by atoms with E-state index in [0.717, 1.165) is 35.4 Å². The zero-order valence-corrected chi connectivity index (χ0v) is 13.7. The lowest BCUT2D eigenvalue weighted by molar-refractivity contribution is 0.159. The molecule has 3 N–H and O–H groups in total. The van der Waals surface area contributed by atoms with Gasteiger partial charge in [-0.05, 0) is 47.7 Å². The highest BCUT2D eigenvalue weighted by Crippen LogP contribution is 2.28. The number of hydrogen-bond acceptors (Lipinski definition) is 3. The number of urea groups is 1. The van der Waals surface area contributed by atoms with Crippen LogP contribution in [0.5, 0.6) is 5.75 Å². The van der Waals surface area contributed by atoms with Crippen molar-refractivity contribution in [2.75, 3.05) is 12.4 Å². The number of nitrogens with one attached hydrogen (secondary N) is 2. The van der Waals surface area contributed by atoms with Gasteiger partial charge in [-0.1, -0.05) is 24.3 Å². The maximum absolute atomic E-state index is 12.2. The Hall–Kier alpha value is -2.53. The molecule has 0 radical (unpaired) electrons. The van der Waals surface area contributed by atoms with E-state index in [-0.39, 0.29) is 12.1 Å². The Labute approximate surface area is 141 Å². The van der Waals surface area contributed by atoms with Crippen LogP contribution in [0.25, 0.3) is 0 Å². The number of carbonyl (C=O) groups is 1. The van der Waals surface area contributed by atoms with E-state index >= 15 is 0 Å². The zero-order valence-electron chi connectivity index (χ0n) is 13.7. The number of amides is 2.